The van der Waals surface area contributed by atoms with Crippen molar-refractivity contribution < 1.29 is 14.7 Å². The number of carbonyl (C=O) groups is 2. The topological polar surface area (TPSA) is 66.4 Å². The van der Waals surface area contributed by atoms with E-state index in [4.69, 9.17) is 16.7 Å². The fourth-order valence-electron chi connectivity index (χ4n) is 1.42. The van der Waals surface area contributed by atoms with Gasteiger partial charge in [0.25, 0.3) is 5.91 Å². The van der Waals surface area contributed by atoms with E-state index in [1.807, 2.05) is 6.92 Å². The van der Waals surface area contributed by atoms with Gasteiger partial charge in [0.2, 0.25) is 0 Å². The molecule has 1 amide bonds. The van der Waals surface area contributed by atoms with Crippen molar-refractivity contribution >= 4 is 23.5 Å². The second kappa shape index (κ2) is 6.25. The highest BCUT2D eigenvalue weighted by Gasteiger charge is 2.16. The predicted molar refractivity (Wildman–Crippen MR) is 65.3 cm³/mol. The molecule has 1 atom stereocenters. The first kappa shape index (κ1) is 13.5. The fourth-order valence-corrected chi connectivity index (χ4v) is 1.64. The molecule has 1 unspecified atom stereocenters. The zero-order valence-electron chi connectivity index (χ0n) is 9.44. The van der Waals surface area contributed by atoms with Gasteiger partial charge >= 0.3 is 5.97 Å². The maximum absolute atomic E-state index is 11.8. The van der Waals surface area contributed by atoms with E-state index in [0.717, 1.165) is 0 Å². The molecule has 0 spiro atoms. The Kier molecular flexibility index (Phi) is 4.97. The highest BCUT2D eigenvalue weighted by Crippen LogP contribution is 2.15. The number of carboxylic acids is 1. The molecule has 0 saturated heterocycles. The van der Waals surface area contributed by atoms with Crippen molar-refractivity contribution in [3.8, 4) is 0 Å². The van der Waals surface area contributed by atoms with Gasteiger partial charge in [0.05, 0.1) is 17.0 Å². The molecular formula is C12H14ClNO3. The molecule has 2 N–H and O–H groups in total. The van der Waals surface area contributed by atoms with Crippen LogP contribution in [0.4, 0.5) is 0 Å². The average molecular weight is 256 g/mol. The molecule has 1 aromatic rings. The number of halogens is 1. The van der Waals surface area contributed by atoms with E-state index in [-0.39, 0.29) is 18.4 Å². The highest BCUT2D eigenvalue weighted by atomic mass is 35.5. The summed E-state index contributed by atoms with van der Waals surface area (Å²) in [5, 5.41) is 11.7. The van der Waals surface area contributed by atoms with E-state index in [1.165, 1.54) is 0 Å². The van der Waals surface area contributed by atoms with Gasteiger partial charge in [0, 0.05) is 6.04 Å². The molecule has 0 bridgehead atoms. The Labute approximate surface area is 105 Å². The van der Waals surface area contributed by atoms with E-state index in [9.17, 15) is 9.59 Å². The zero-order chi connectivity index (χ0) is 12.8. The van der Waals surface area contributed by atoms with Crippen LogP contribution in [-0.2, 0) is 4.79 Å². The lowest BCUT2D eigenvalue weighted by atomic mass is 10.1. The van der Waals surface area contributed by atoms with Crippen molar-refractivity contribution in [2.24, 2.45) is 0 Å². The van der Waals surface area contributed by atoms with Crippen LogP contribution in [0.1, 0.15) is 30.1 Å². The molecule has 0 saturated carbocycles. The van der Waals surface area contributed by atoms with Gasteiger partial charge in [0.1, 0.15) is 0 Å². The van der Waals surface area contributed by atoms with E-state index in [0.29, 0.717) is 17.0 Å². The Hall–Kier alpha value is -1.55. The lowest BCUT2D eigenvalue weighted by Crippen LogP contribution is -2.36. The molecule has 0 heterocycles. The van der Waals surface area contributed by atoms with Gasteiger partial charge in [-0.3, -0.25) is 9.59 Å². The lowest BCUT2D eigenvalue weighted by molar-refractivity contribution is -0.137. The van der Waals surface area contributed by atoms with Crippen LogP contribution in [0.3, 0.4) is 0 Å². The van der Waals surface area contributed by atoms with Crippen LogP contribution < -0.4 is 5.32 Å². The Morgan fingerprint density at radius 2 is 2.06 bits per heavy atom. The molecule has 0 radical (unpaired) electrons. The largest absolute Gasteiger partial charge is 0.481 e. The number of nitrogens with one attached hydrogen (secondary N) is 1. The molecular weight excluding hydrogens is 242 g/mol. The Balaban J connectivity index is 2.71. The number of carbonyl (C=O) groups excluding carboxylic acids is 1. The van der Waals surface area contributed by atoms with Crippen LogP contribution in [0.2, 0.25) is 5.02 Å². The summed E-state index contributed by atoms with van der Waals surface area (Å²) in [5.74, 6) is -1.28. The number of rotatable bonds is 5. The summed E-state index contributed by atoms with van der Waals surface area (Å²) in [7, 11) is 0. The predicted octanol–water partition coefficient (Wildman–Crippen LogP) is 2.32. The van der Waals surface area contributed by atoms with Crippen LogP contribution >= 0.6 is 11.6 Å². The van der Waals surface area contributed by atoms with Gasteiger partial charge in [0.15, 0.2) is 0 Å². The zero-order valence-corrected chi connectivity index (χ0v) is 10.2. The van der Waals surface area contributed by atoms with Crippen molar-refractivity contribution in [3.05, 3.63) is 34.9 Å². The van der Waals surface area contributed by atoms with Crippen molar-refractivity contribution in [1.29, 1.82) is 0 Å². The monoisotopic (exact) mass is 255 g/mol. The molecule has 0 aliphatic heterocycles. The summed E-state index contributed by atoms with van der Waals surface area (Å²) in [5.41, 5.74) is 0.359. The summed E-state index contributed by atoms with van der Waals surface area (Å²) < 4.78 is 0. The standard InChI is InChI=1S/C12H14ClNO3/c1-2-8(7-11(15)16)14-12(17)9-5-3-4-6-10(9)13/h3-6,8H,2,7H2,1H3,(H,14,17)(H,15,16). The Morgan fingerprint density at radius 3 is 2.59 bits per heavy atom. The first-order chi connectivity index (χ1) is 8.04. The van der Waals surface area contributed by atoms with Gasteiger partial charge in [-0.1, -0.05) is 30.7 Å². The quantitative estimate of drug-likeness (QED) is 0.849. The average Bonchev–Trinajstić information content (AvgIpc) is 2.27. The normalized spacial score (nSPS) is 11.9. The Bertz CT molecular complexity index is 420. The number of hydrogen-bond acceptors (Lipinski definition) is 2. The minimum atomic E-state index is -0.934. The smallest absolute Gasteiger partial charge is 0.305 e. The summed E-state index contributed by atoms with van der Waals surface area (Å²) in [4.78, 5) is 22.4. The third kappa shape index (κ3) is 4.07. The SMILES string of the molecule is CCC(CC(=O)O)NC(=O)c1ccccc1Cl. The number of aliphatic carboxylic acids is 1. The summed E-state index contributed by atoms with van der Waals surface area (Å²) in [6, 6.07) is 6.28. The molecule has 17 heavy (non-hydrogen) atoms. The molecule has 1 rings (SSSR count). The third-order valence-corrected chi connectivity index (χ3v) is 2.70. The number of benzene rings is 1. The summed E-state index contributed by atoms with van der Waals surface area (Å²) in [6.07, 6.45) is 0.467. The minimum Gasteiger partial charge on any atom is -0.481 e. The van der Waals surface area contributed by atoms with Crippen LogP contribution in [0, 0.1) is 0 Å². The van der Waals surface area contributed by atoms with Crippen molar-refractivity contribution in [3.63, 3.8) is 0 Å². The molecule has 0 aliphatic carbocycles. The van der Waals surface area contributed by atoms with E-state index in [2.05, 4.69) is 5.32 Å². The maximum Gasteiger partial charge on any atom is 0.305 e. The van der Waals surface area contributed by atoms with Crippen LogP contribution in [0.25, 0.3) is 0 Å². The molecule has 0 fully saturated rings. The number of amides is 1. The second-order valence-electron chi connectivity index (χ2n) is 3.66. The van der Waals surface area contributed by atoms with Gasteiger partial charge in [-0.25, -0.2) is 0 Å². The van der Waals surface area contributed by atoms with Crippen LogP contribution in [0.15, 0.2) is 24.3 Å². The van der Waals surface area contributed by atoms with E-state index >= 15 is 0 Å². The fraction of sp³-hybridized carbons (Fsp3) is 0.333. The van der Waals surface area contributed by atoms with Gasteiger partial charge in [-0.2, -0.15) is 0 Å². The van der Waals surface area contributed by atoms with Crippen LogP contribution in [-0.4, -0.2) is 23.0 Å². The van der Waals surface area contributed by atoms with Gasteiger partial charge in [-0.15, -0.1) is 0 Å². The summed E-state index contributed by atoms with van der Waals surface area (Å²) >= 11 is 5.87. The van der Waals surface area contributed by atoms with E-state index < -0.39 is 5.97 Å². The van der Waals surface area contributed by atoms with Crippen molar-refractivity contribution in [2.45, 2.75) is 25.8 Å². The summed E-state index contributed by atoms with van der Waals surface area (Å²) in [6.45, 7) is 1.82. The molecule has 92 valence electrons. The molecule has 0 aliphatic rings. The number of carboxylic acid groups (broad SMARTS) is 1. The van der Waals surface area contributed by atoms with Crippen molar-refractivity contribution in [1.82, 2.24) is 5.32 Å². The first-order valence-electron chi connectivity index (χ1n) is 5.31. The number of hydrogen-bond donors (Lipinski definition) is 2. The van der Waals surface area contributed by atoms with Crippen molar-refractivity contribution in [2.75, 3.05) is 0 Å². The minimum absolute atomic E-state index is 0.0906. The molecule has 5 heteroatoms. The molecule has 4 nitrogen and oxygen atoms in total. The lowest BCUT2D eigenvalue weighted by Gasteiger charge is -2.15. The first-order valence-corrected chi connectivity index (χ1v) is 5.69. The second-order valence-corrected chi connectivity index (χ2v) is 4.06. The highest BCUT2D eigenvalue weighted by molar-refractivity contribution is 6.33. The molecule has 0 aromatic heterocycles. The third-order valence-electron chi connectivity index (χ3n) is 2.37. The van der Waals surface area contributed by atoms with Crippen LogP contribution in [0.5, 0.6) is 0 Å². The molecule has 1 aromatic carbocycles. The van der Waals surface area contributed by atoms with E-state index in [1.54, 1.807) is 24.3 Å². The Morgan fingerprint density at radius 1 is 1.41 bits per heavy atom. The van der Waals surface area contributed by atoms with Gasteiger partial charge < -0.3 is 10.4 Å². The maximum atomic E-state index is 11.8. The van der Waals surface area contributed by atoms with Gasteiger partial charge in [-0.05, 0) is 18.6 Å².